The van der Waals surface area contributed by atoms with Crippen molar-refractivity contribution in [1.82, 2.24) is 9.44 Å². The van der Waals surface area contributed by atoms with Crippen LogP contribution in [0.2, 0.25) is 0 Å². The molecule has 0 rings (SSSR count). The van der Waals surface area contributed by atoms with Crippen LogP contribution < -0.4 is 9.44 Å². The van der Waals surface area contributed by atoms with Crippen LogP contribution >= 0.6 is 0 Å². The Morgan fingerprint density at radius 1 is 1.46 bits per heavy atom. The van der Waals surface area contributed by atoms with E-state index >= 15 is 0 Å². The summed E-state index contributed by atoms with van der Waals surface area (Å²) in [5.74, 6) is 0. The zero-order chi connectivity index (χ0) is 10.3. The van der Waals surface area contributed by atoms with Gasteiger partial charge in [0.15, 0.2) is 0 Å². The molecular weight excluding hydrogens is 196 g/mol. The average molecular weight is 210 g/mol. The molecule has 0 saturated carbocycles. The van der Waals surface area contributed by atoms with Crippen LogP contribution in [0, 0.1) is 0 Å². The molecule has 6 nitrogen and oxygen atoms in total. The van der Waals surface area contributed by atoms with E-state index < -0.39 is 16.3 Å². The first-order valence-electron chi connectivity index (χ1n) is 3.90. The highest BCUT2D eigenvalue weighted by Crippen LogP contribution is 1.88. The third-order valence-corrected chi connectivity index (χ3v) is 2.19. The zero-order valence-corrected chi connectivity index (χ0v) is 8.48. The summed E-state index contributed by atoms with van der Waals surface area (Å²) in [5, 5.41) is 0. The number of hydrogen-bond acceptors (Lipinski definition) is 4. The first-order valence-corrected chi connectivity index (χ1v) is 5.38. The quantitative estimate of drug-likeness (QED) is 0.624. The van der Waals surface area contributed by atoms with Crippen molar-refractivity contribution < 1.29 is 17.9 Å². The number of carbonyl (C=O) groups excluding carboxylic acids is 1. The highest BCUT2D eigenvalue weighted by molar-refractivity contribution is 7.88. The van der Waals surface area contributed by atoms with Gasteiger partial charge in [-0.15, -0.1) is 0 Å². The lowest BCUT2D eigenvalue weighted by atomic mass is 10.4. The van der Waals surface area contributed by atoms with Gasteiger partial charge < -0.3 is 4.74 Å². The first-order chi connectivity index (χ1) is 6.02. The molecule has 0 spiro atoms. The Kier molecular flexibility index (Phi) is 5.40. The summed E-state index contributed by atoms with van der Waals surface area (Å²) in [4.78, 5) is 10.7. The molecule has 0 aliphatic heterocycles. The number of nitrogens with one attached hydrogen (secondary N) is 2. The lowest BCUT2D eigenvalue weighted by Gasteiger charge is -2.05. The van der Waals surface area contributed by atoms with E-state index in [4.69, 9.17) is 0 Å². The van der Waals surface area contributed by atoms with Crippen molar-refractivity contribution in [2.45, 2.75) is 19.8 Å². The summed E-state index contributed by atoms with van der Waals surface area (Å²) in [7, 11) is -2.53. The lowest BCUT2D eigenvalue weighted by Crippen LogP contribution is -2.38. The van der Waals surface area contributed by atoms with Gasteiger partial charge in [-0.2, -0.15) is 8.42 Å². The predicted octanol–water partition coefficient (Wildman–Crippen LogP) is -0.0231. The van der Waals surface area contributed by atoms with Gasteiger partial charge in [0.05, 0.1) is 6.61 Å². The summed E-state index contributed by atoms with van der Waals surface area (Å²) in [5.41, 5.74) is 0. The second kappa shape index (κ2) is 5.76. The fourth-order valence-corrected chi connectivity index (χ4v) is 0.880. The van der Waals surface area contributed by atoms with Crippen molar-refractivity contribution in [3.05, 3.63) is 0 Å². The number of amides is 1. The third kappa shape index (κ3) is 6.35. The minimum atomic E-state index is -3.73. The molecule has 2 N–H and O–H groups in total. The zero-order valence-electron chi connectivity index (χ0n) is 7.66. The molecule has 0 bridgehead atoms. The Labute approximate surface area is 77.8 Å². The Hall–Kier alpha value is -0.820. The van der Waals surface area contributed by atoms with E-state index in [2.05, 4.69) is 4.74 Å². The minimum Gasteiger partial charge on any atom is -0.449 e. The normalized spacial score (nSPS) is 10.9. The maximum absolute atomic E-state index is 10.7. The highest BCUT2D eigenvalue weighted by atomic mass is 32.2. The molecule has 0 aliphatic carbocycles. The minimum absolute atomic E-state index is 0.224. The number of ether oxygens (including phenoxy) is 1. The smallest absolute Gasteiger partial charge is 0.421 e. The Morgan fingerprint density at radius 2 is 2.08 bits per heavy atom. The van der Waals surface area contributed by atoms with Gasteiger partial charge in [0.25, 0.3) is 0 Å². The van der Waals surface area contributed by atoms with Crippen molar-refractivity contribution in [1.29, 1.82) is 0 Å². The summed E-state index contributed by atoms with van der Waals surface area (Å²) in [6.07, 6.45) is 0.641. The van der Waals surface area contributed by atoms with Crippen molar-refractivity contribution in [3.8, 4) is 0 Å². The molecule has 7 heteroatoms. The molecule has 0 aromatic carbocycles. The average Bonchev–Trinajstić information content (AvgIpc) is 2.04. The second-order valence-electron chi connectivity index (χ2n) is 2.30. The van der Waals surface area contributed by atoms with Gasteiger partial charge in [-0.3, -0.25) is 0 Å². The monoisotopic (exact) mass is 210 g/mol. The Morgan fingerprint density at radius 3 is 2.54 bits per heavy atom. The Balaban J connectivity index is 3.75. The molecular formula is C6H14N2O4S. The second-order valence-corrected chi connectivity index (χ2v) is 3.92. The summed E-state index contributed by atoms with van der Waals surface area (Å²) in [6, 6.07) is 0. The van der Waals surface area contributed by atoms with Crippen LogP contribution in [0.3, 0.4) is 0 Å². The van der Waals surface area contributed by atoms with E-state index in [1.54, 1.807) is 4.72 Å². The molecule has 0 aromatic heterocycles. The van der Waals surface area contributed by atoms with Gasteiger partial charge in [0.1, 0.15) is 0 Å². The van der Waals surface area contributed by atoms with Gasteiger partial charge in [-0.05, 0) is 6.42 Å². The summed E-state index contributed by atoms with van der Waals surface area (Å²) < 4.78 is 29.6. The molecule has 0 atom stereocenters. The number of carbonyl (C=O) groups is 1. The molecule has 0 unspecified atom stereocenters. The van der Waals surface area contributed by atoms with E-state index in [0.29, 0.717) is 6.42 Å². The molecule has 0 fully saturated rings. The topological polar surface area (TPSA) is 84.5 Å². The van der Waals surface area contributed by atoms with E-state index in [9.17, 15) is 13.2 Å². The van der Waals surface area contributed by atoms with Gasteiger partial charge >= 0.3 is 16.3 Å². The van der Waals surface area contributed by atoms with Crippen LogP contribution in [0.25, 0.3) is 0 Å². The molecule has 78 valence electrons. The van der Waals surface area contributed by atoms with Crippen molar-refractivity contribution in [2.75, 3.05) is 13.7 Å². The van der Waals surface area contributed by atoms with Crippen LogP contribution in [-0.4, -0.2) is 28.2 Å². The lowest BCUT2D eigenvalue weighted by molar-refractivity contribution is 0.151. The van der Waals surface area contributed by atoms with Gasteiger partial charge in [-0.25, -0.2) is 14.2 Å². The molecule has 0 saturated heterocycles. The first kappa shape index (κ1) is 12.2. The Bertz CT molecular complexity index is 249. The fourth-order valence-electron chi connectivity index (χ4n) is 0.499. The summed E-state index contributed by atoms with van der Waals surface area (Å²) in [6.45, 7) is 2.16. The molecule has 0 aromatic rings. The highest BCUT2D eigenvalue weighted by Gasteiger charge is 2.11. The van der Waals surface area contributed by atoms with Crippen LogP contribution in [0.15, 0.2) is 0 Å². The third-order valence-electron chi connectivity index (χ3n) is 1.22. The van der Waals surface area contributed by atoms with Crippen LogP contribution in [0.1, 0.15) is 19.8 Å². The van der Waals surface area contributed by atoms with Crippen molar-refractivity contribution in [3.63, 3.8) is 0 Å². The van der Waals surface area contributed by atoms with Gasteiger partial charge in [0, 0.05) is 7.05 Å². The van der Waals surface area contributed by atoms with E-state index in [-0.39, 0.29) is 6.61 Å². The fraction of sp³-hybridized carbons (Fsp3) is 0.833. The van der Waals surface area contributed by atoms with E-state index in [0.717, 1.165) is 6.42 Å². The van der Waals surface area contributed by atoms with Gasteiger partial charge in [0.2, 0.25) is 0 Å². The standard InChI is InChI=1S/C6H14N2O4S/c1-3-4-5-12-6(9)8-13(10,11)7-2/h7H,3-5H2,1-2H3,(H,8,9). The maximum atomic E-state index is 10.7. The maximum Gasteiger partial charge on any atom is 0.421 e. The van der Waals surface area contributed by atoms with E-state index in [1.165, 1.54) is 7.05 Å². The largest absolute Gasteiger partial charge is 0.449 e. The van der Waals surface area contributed by atoms with Crippen LogP contribution in [0.5, 0.6) is 0 Å². The molecule has 0 radical (unpaired) electrons. The number of unbranched alkanes of at least 4 members (excludes halogenated alkanes) is 1. The molecule has 0 heterocycles. The van der Waals surface area contributed by atoms with Gasteiger partial charge in [-0.1, -0.05) is 13.3 Å². The molecule has 1 amide bonds. The predicted molar refractivity (Wildman–Crippen MR) is 47.4 cm³/mol. The number of rotatable bonds is 5. The van der Waals surface area contributed by atoms with Crippen LogP contribution in [0.4, 0.5) is 4.79 Å². The van der Waals surface area contributed by atoms with Crippen molar-refractivity contribution in [2.24, 2.45) is 0 Å². The summed E-state index contributed by atoms with van der Waals surface area (Å²) >= 11 is 0. The molecule has 13 heavy (non-hydrogen) atoms. The SMILES string of the molecule is CCCCOC(=O)NS(=O)(=O)NC. The van der Waals surface area contributed by atoms with E-state index in [1.807, 2.05) is 11.6 Å². The number of hydrogen-bond donors (Lipinski definition) is 2. The van der Waals surface area contributed by atoms with Crippen LogP contribution in [-0.2, 0) is 14.9 Å². The molecule has 0 aliphatic rings. The van der Waals surface area contributed by atoms with Crippen molar-refractivity contribution >= 4 is 16.3 Å².